The molecule has 2 aromatic carbocycles. The molecule has 4 heteroatoms. The van der Waals surface area contributed by atoms with E-state index in [1.807, 2.05) is 49.4 Å². The van der Waals surface area contributed by atoms with Gasteiger partial charge in [-0.15, -0.1) is 0 Å². The van der Waals surface area contributed by atoms with Crippen LogP contribution < -0.4 is 19.9 Å². The van der Waals surface area contributed by atoms with Crippen LogP contribution in [0.2, 0.25) is 0 Å². The van der Waals surface area contributed by atoms with Crippen molar-refractivity contribution in [2.24, 2.45) is 0 Å². The lowest BCUT2D eigenvalue weighted by Gasteiger charge is -2.12. The van der Waals surface area contributed by atoms with E-state index in [1.54, 1.807) is 21.3 Å². The molecule has 116 valence electrons. The number of hydrogen-bond acceptors (Lipinski definition) is 4. The Bertz CT molecular complexity index is 668. The monoisotopic (exact) mass is 299 g/mol. The van der Waals surface area contributed by atoms with Gasteiger partial charge in [-0.3, -0.25) is 0 Å². The van der Waals surface area contributed by atoms with Gasteiger partial charge in [-0.25, -0.2) is 0 Å². The first kappa shape index (κ1) is 15.8. The number of aryl methyl sites for hydroxylation is 1. The van der Waals surface area contributed by atoms with Crippen LogP contribution in [0.25, 0.3) is 12.2 Å². The lowest BCUT2D eigenvalue weighted by Crippen LogP contribution is -1.95. The Labute approximate surface area is 131 Å². The molecule has 0 heterocycles. The first-order chi connectivity index (χ1) is 10.6. The van der Waals surface area contributed by atoms with Crippen LogP contribution in [0.4, 0.5) is 5.69 Å². The van der Waals surface area contributed by atoms with Gasteiger partial charge >= 0.3 is 0 Å². The minimum absolute atomic E-state index is 0.585. The first-order valence-corrected chi connectivity index (χ1v) is 6.93. The van der Waals surface area contributed by atoms with Crippen LogP contribution >= 0.6 is 0 Å². The highest BCUT2D eigenvalue weighted by Gasteiger charge is 2.11. The molecule has 2 rings (SSSR count). The smallest absolute Gasteiger partial charge is 0.203 e. The molecule has 0 aliphatic carbocycles. The lowest BCUT2D eigenvalue weighted by molar-refractivity contribution is 0.324. The Balaban J connectivity index is 2.36. The molecule has 22 heavy (non-hydrogen) atoms. The second kappa shape index (κ2) is 6.89. The van der Waals surface area contributed by atoms with Gasteiger partial charge in [0.1, 0.15) is 0 Å². The number of methoxy groups -OCH3 is 3. The normalized spacial score (nSPS) is 10.7. The number of nitrogens with two attached hydrogens (primary N) is 1. The molecule has 0 atom stereocenters. The van der Waals surface area contributed by atoms with Gasteiger partial charge in [-0.2, -0.15) is 0 Å². The van der Waals surface area contributed by atoms with Crippen molar-refractivity contribution < 1.29 is 14.2 Å². The standard InChI is InChI=1S/C18H21NO3/c1-12-5-6-13(9-15(12)19)7-8-14-10-16(20-2)18(22-4)17(11-14)21-3/h5-11H,19H2,1-4H3/b8-7+. The predicted octanol–water partition coefficient (Wildman–Crippen LogP) is 3.77. The topological polar surface area (TPSA) is 53.7 Å². The molecule has 0 amide bonds. The van der Waals surface area contributed by atoms with Crippen LogP contribution in [0.3, 0.4) is 0 Å². The predicted molar refractivity (Wildman–Crippen MR) is 90.6 cm³/mol. The van der Waals surface area contributed by atoms with Gasteiger partial charge in [0, 0.05) is 5.69 Å². The van der Waals surface area contributed by atoms with E-state index in [2.05, 4.69) is 0 Å². The summed E-state index contributed by atoms with van der Waals surface area (Å²) in [5, 5.41) is 0. The Morgan fingerprint density at radius 3 is 1.91 bits per heavy atom. The second-order valence-corrected chi connectivity index (χ2v) is 4.91. The number of benzene rings is 2. The molecular formula is C18H21NO3. The van der Waals surface area contributed by atoms with Gasteiger partial charge in [0.25, 0.3) is 0 Å². The summed E-state index contributed by atoms with van der Waals surface area (Å²) in [6.45, 7) is 1.99. The van der Waals surface area contributed by atoms with Crippen molar-refractivity contribution in [2.45, 2.75) is 6.92 Å². The third-order valence-electron chi connectivity index (χ3n) is 3.46. The molecule has 4 nitrogen and oxygen atoms in total. The number of ether oxygens (including phenoxy) is 3. The van der Waals surface area contributed by atoms with Gasteiger partial charge in [-0.05, 0) is 41.8 Å². The zero-order valence-electron chi connectivity index (χ0n) is 13.3. The minimum atomic E-state index is 0.585. The molecule has 0 spiro atoms. The highest BCUT2D eigenvalue weighted by Crippen LogP contribution is 2.38. The van der Waals surface area contributed by atoms with E-state index in [0.29, 0.717) is 17.2 Å². The summed E-state index contributed by atoms with van der Waals surface area (Å²) in [4.78, 5) is 0. The van der Waals surface area contributed by atoms with Crippen molar-refractivity contribution in [1.29, 1.82) is 0 Å². The van der Waals surface area contributed by atoms with Gasteiger partial charge < -0.3 is 19.9 Å². The number of nitrogen functional groups attached to an aromatic ring is 1. The van der Waals surface area contributed by atoms with Crippen LogP contribution in [0, 0.1) is 6.92 Å². The van der Waals surface area contributed by atoms with E-state index < -0.39 is 0 Å². The molecule has 2 aromatic rings. The summed E-state index contributed by atoms with van der Waals surface area (Å²) in [5.41, 5.74) is 9.78. The van der Waals surface area contributed by atoms with Crippen LogP contribution in [0.1, 0.15) is 16.7 Å². The van der Waals surface area contributed by atoms with Crippen molar-refractivity contribution in [2.75, 3.05) is 27.1 Å². The fraction of sp³-hybridized carbons (Fsp3) is 0.222. The highest BCUT2D eigenvalue weighted by molar-refractivity contribution is 5.74. The fourth-order valence-electron chi connectivity index (χ4n) is 2.15. The van der Waals surface area contributed by atoms with E-state index in [0.717, 1.165) is 22.4 Å². The Kier molecular flexibility index (Phi) is 4.94. The van der Waals surface area contributed by atoms with Crippen LogP contribution in [-0.4, -0.2) is 21.3 Å². The van der Waals surface area contributed by atoms with Crippen LogP contribution in [-0.2, 0) is 0 Å². The molecule has 0 saturated heterocycles. The van der Waals surface area contributed by atoms with E-state index in [-0.39, 0.29) is 0 Å². The van der Waals surface area contributed by atoms with Gasteiger partial charge in [-0.1, -0.05) is 24.3 Å². The fourth-order valence-corrected chi connectivity index (χ4v) is 2.15. The Morgan fingerprint density at radius 2 is 1.41 bits per heavy atom. The molecule has 0 saturated carbocycles. The molecular weight excluding hydrogens is 278 g/mol. The quantitative estimate of drug-likeness (QED) is 0.674. The maximum atomic E-state index is 5.93. The SMILES string of the molecule is COc1cc(/C=C/c2ccc(C)c(N)c2)cc(OC)c1OC. The van der Waals surface area contributed by atoms with Crippen molar-refractivity contribution in [3.63, 3.8) is 0 Å². The molecule has 0 unspecified atom stereocenters. The summed E-state index contributed by atoms with van der Waals surface area (Å²) < 4.78 is 16.0. The molecule has 0 aliphatic rings. The zero-order valence-corrected chi connectivity index (χ0v) is 13.3. The molecule has 0 radical (unpaired) electrons. The van der Waals surface area contributed by atoms with Gasteiger partial charge in [0.2, 0.25) is 5.75 Å². The average molecular weight is 299 g/mol. The Hall–Kier alpha value is -2.62. The zero-order chi connectivity index (χ0) is 16.1. The summed E-state index contributed by atoms with van der Waals surface area (Å²) in [6.07, 6.45) is 3.98. The summed E-state index contributed by atoms with van der Waals surface area (Å²) in [6, 6.07) is 9.78. The van der Waals surface area contributed by atoms with Crippen molar-refractivity contribution in [1.82, 2.24) is 0 Å². The summed E-state index contributed by atoms with van der Waals surface area (Å²) in [5.74, 6) is 1.84. The van der Waals surface area contributed by atoms with Crippen molar-refractivity contribution in [3.05, 3.63) is 47.0 Å². The van der Waals surface area contributed by atoms with E-state index in [1.165, 1.54) is 0 Å². The lowest BCUT2D eigenvalue weighted by atomic mass is 10.1. The third-order valence-corrected chi connectivity index (χ3v) is 3.46. The minimum Gasteiger partial charge on any atom is -0.493 e. The number of hydrogen-bond donors (Lipinski definition) is 1. The molecule has 0 fully saturated rings. The van der Waals surface area contributed by atoms with Gasteiger partial charge in [0.05, 0.1) is 21.3 Å². The van der Waals surface area contributed by atoms with Crippen molar-refractivity contribution >= 4 is 17.8 Å². The van der Waals surface area contributed by atoms with Gasteiger partial charge in [0.15, 0.2) is 11.5 Å². The molecule has 0 aliphatic heterocycles. The maximum Gasteiger partial charge on any atom is 0.203 e. The molecule has 2 N–H and O–H groups in total. The second-order valence-electron chi connectivity index (χ2n) is 4.91. The molecule has 0 aromatic heterocycles. The van der Waals surface area contributed by atoms with Crippen molar-refractivity contribution in [3.8, 4) is 17.2 Å². The van der Waals surface area contributed by atoms with Crippen LogP contribution in [0.5, 0.6) is 17.2 Å². The highest BCUT2D eigenvalue weighted by atomic mass is 16.5. The van der Waals surface area contributed by atoms with E-state index >= 15 is 0 Å². The third kappa shape index (κ3) is 3.34. The average Bonchev–Trinajstić information content (AvgIpc) is 2.54. The largest absolute Gasteiger partial charge is 0.493 e. The maximum absolute atomic E-state index is 5.93. The van der Waals surface area contributed by atoms with Crippen LogP contribution in [0.15, 0.2) is 30.3 Å². The summed E-state index contributed by atoms with van der Waals surface area (Å²) >= 11 is 0. The first-order valence-electron chi connectivity index (χ1n) is 6.93. The summed E-state index contributed by atoms with van der Waals surface area (Å²) in [7, 11) is 4.79. The Morgan fingerprint density at radius 1 is 0.818 bits per heavy atom. The molecule has 0 bridgehead atoms. The van der Waals surface area contributed by atoms with E-state index in [9.17, 15) is 0 Å². The number of rotatable bonds is 5. The van der Waals surface area contributed by atoms with E-state index in [4.69, 9.17) is 19.9 Å². The number of anilines is 1.